The van der Waals surface area contributed by atoms with Gasteiger partial charge in [-0.05, 0) is 24.0 Å². The first-order chi connectivity index (χ1) is 12.8. The number of aliphatic hydroxyl groups excluding tert-OH is 1. The van der Waals surface area contributed by atoms with Crippen LogP contribution in [0.1, 0.15) is 28.3 Å². The van der Waals surface area contributed by atoms with Gasteiger partial charge in [-0.3, -0.25) is 9.89 Å². The van der Waals surface area contributed by atoms with E-state index in [-0.39, 0.29) is 24.3 Å². The lowest BCUT2D eigenvalue weighted by Crippen LogP contribution is -2.44. The average molecular weight is 351 g/mol. The fourth-order valence-corrected chi connectivity index (χ4v) is 3.79. The lowest BCUT2D eigenvalue weighted by molar-refractivity contribution is 0.0579. The number of H-pyrrole nitrogens is 1. The SMILES string of the molecule is O=C(c1cn[nH]c1-c1ccoc1)N1CC[C@@H](c2ccccc2)[C@@H](CO)C1. The molecule has 0 radical (unpaired) electrons. The first kappa shape index (κ1) is 16.6. The zero-order valence-electron chi connectivity index (χ0n) is 14.3. The number of nitrogens with zero attached hydrogens (tertiary/aromatic N) is 2. The maximum atomic E-state index is 13.0. The van der Waals surface area contributed by atoms with Crippen LogP contribution in [0, 0.1) is 5.92 Å². The van der Waals surface area contributed by atoms with Gasteiger partial charge in [0.05, 0.1) is 30.0 Å². The summed E-state index contributed by atoms with van der Waals surface area (Å²) in [6.07, 6.45) is 5.54. The largest absolute Gasteiger partial charge is 0.472 e. The number of aromatic nitrogens is 2. The quantitative estimate of drug-likeness (QED) is 0.757. The predicted octanol–water partition coefficient (Wildman–Crippen LogP) is 2.91. The number of hydrogen-bond donors (Lipinski definition) is 2. The fourth-order valence-electron chi connectivity index (χ4n) is 3.79. The van der Waals surface area contributed by atoms with Crippen molar-refractivity contribution in [2.45, 2.75) is 12.3 Å². The second kappa shape index (κ2) is 7.17. The number of likely N-dealkylation sites (tertiary alicyclic amines) is 1. The van der Waals surface area contributed by atoms with Crippen LogP contribution in [-0.2, 0) is 0 Å². The molecule has 6 heteroatoms. The first-order valence-electron chi connectivity index (χ1n) is 8.79. The Morgan fingerprint density at radius 3 is 2.88 bits per heavy atom. The molecule has 26 heavy (non-hydrogen) atoms. The van der Waals surface area contributed by atoms with E-state index in [9.17, 15) is 9.90 Å². The number of carbonyl (C=O) groups is 1. The third-order valence-electron chi connectivity index (χ3n) is 5.16. The molecule has 134 valence electrons. The molecule has 2 atom stereocenters. The predicted molar refractivity (Wildman–Crippen MR) is 96.6 cm³/mol. The molecule has 2 aromatic heterocycles. The van der Waals surface area contributed by atoms with Crippen molar-refractivity contribution in [3.8, 4) is 11.3 Å². The van der Waals surface area contributed by atoms with Gasteiger partial charge in [0.15, 0.2) is 0 Å². The molecule has 3 heterocycles. The molecule has 0 aliphatic carbocycles. The van der Waals surface area contributed by atoms with Gasteiger partial charge in [0.1, 0.15) is 0 Å². The van der Waals surface area contributed by atoms with Crippen molar-refractivity contribution in [1.29, 1.82) is 0 Å². The van der Waals surface area contributed by atoms with Crippen LogP contribution in [0.25, 0.3) is 11.3 Å². The minimum Gasteiger partial charge on any atom is -0.472 e. The van der Waals surface area contributed by atoms with E-state index in [1.54, 1.807) is 24.8 Å². The first-order valence-corrected chi connectivity index (χ1v) is 8.79. The third kappa shape index (κ3) is 3.04. The molecule has 0 saturated carbocycles. The lowest BCUT2D eigenvalue weighted by Gasteiger charge is -2.38. The van der Waals surface area contributed by atoms with E-state index in [1.165, 1.54) is 5.56 Å². The third-order valence-corrected chi connectivity index (χ3v) is 5.16. The number of furan rings is 1. The Morgan fingerprint density at radius 2 is 2.15 bits per heavy atom. The molecule has 6 nitrogen and oxygen atoms in total. The number of benzene rings is 1. The van der Waals surface area contributed by atoms with E-state index in [0.717, 1.165) is 12.0 Å². The van der Waals surface area contributed by atoms with E-state index in [0.29, 0.717) is 24.3 Å². The van der Waals surface area contributed by atoms with Gasteiger partial charge in [0.2, 0.25) is 0 Å². The van der Waals surface area contributed by atoms with Crippen molar-refractivity contribution in [3.63, 3.8) is 0 Å². The van der Waals surface area contributed by atoms with Crippen LogP contribution in [-0.4, -0.2) is 45.8 Å². The second-order valence-corrected chi connectivity index (χ2v) is 6.67. The number of aliphatic hydroxyl groups is 1. The van der Waals surface area contributed by atoms with Crippen molar-refractivity contribution in [3.05, 3.63) is 66.2 Å². The van der Waals surface area contributed by atoms with E-state index in [2.05, 4.69) is 22.3 Å². The molecule has 1 aliphatic rings. The van der Waals surface area contributed by atoms with Gasteiger partial charge in [-0.2, -0.15) is 5.10 Å². The molecule has 0 bridgehead atoms. The Morgan fingerprint density at radius 1 is 1.31 bits per heavy atom. The van der Waals surface area contributed by atoms with Crippen molar-refractivity contribution >= 4 is 5.91 Å². The van der Waals surface area contributed by atoms with Crippen molar-refractivity contribution in [2.75, 3.05) is 19.7 Å². The summed E-state index contributed by atoms with van der Waals surface area (Å²) in [6.45, 7) is 1.25. The molecule has 3 aromatic rings. The number of nitrogens with one attached hydrogen (secondary N) is 1. The molecule has 0 spiro atoms. The molecular formula is C20H21N3O3. The summed E-state index contributed by atoms with van der Waals surface area (Å²) in [5, 5.41) is 16.8. The summed E-state index contributed by atoms with van der Waals surface area (Å²) in [5.74, 6) is 0.224. The Hall–Kier alpha value is -2.86. The number of carbonyl (C=O) groups excluding carboxylic acids is 1. The second-order valence-electron chi connectivity index (χ2n) is 6.67. The average Bonchev–Trinajstić information content (AvgIpc) is 3.39. The van der Waals surface area contributed by atoms with Gasteiger partial charge < -0.3 is 14.4 Å². The molecule has 1 saturated heterocycles. The zero-order chi connectivity index (χ0) is 17.9. The van der Waals surface area contributed by atoms with Gasteiger partial charge in [-0.1, -0.05) is 30.3 Å². The Kier molecular flexibility index (Phi) is 4.58. The van der Waals surface area contributed by atoms with E-state index >= 15 is 0 Å². The van der Waals surface area contributed by atoms with E-state index < -0.39 is 0 Å². The highest BCUT2D eigenvalue weighted by Crippen LogP contribution is 2.34. The maximum Gasteiger partial charge on any atom is 0.257 e. The number of rotatable bonds is 4. The normalized spacial score (nSPS) is 20.3. The van der Waals surface area contributed by atoms with Crippen molar-refractivity contribution in [1.82, 2.24) is 15.1 Å². The minimum absolute atomic E-state index is 0.0272. The molecule has 1 aliphatic heterocycles. The number of amides is 1. The van der Waals surface area contributed by atoms with Gasteiger partial charge in [-0.25, -0.2) is 0 Å². The zero-order valence-corrected chi connectivity index (χ0v) is 14.3. The molecule has 4 rings (SSSR count). The van der Waals surface area contributed by atoms with Crippen molar-refractivity contribution in [2.24, 2.45) is 5.92 Å². The molecule has 1 amide bonds. The van der Waals surface area contributed by atoms with Crippen LogP contribution in [0.15, 0.2) is 59.5 Å². The van der Waals surface area contributed by atoms with Gasteiger partial charge >= 0.3 is 0 Å². The highest BCUT2D eigenvalue weighted by atomic mass is 16.3. The fraction of sp³-hybridized carbons (Fsp3) is 0.300. The van der Waals surface area contributed by atoms with Crippen LogP contribution in [0.3, 0.4) is 0 Å². The summed E-state index contributed by atoms with van der Waals surface area (Å²) >= 11 is 0. The van der Waals surface area contributed by atoms with Crippen LogP contribution in [0.5, 0.6) is 0 Å². The highest BCUT2D eigenvalue weighted by Gasteiger charge is 2.33. The smallest absolute Gasteiger partial charge is 0.257 e. The summed E-state index contributed by atoms with van der Waals surface area (Å²) in [4.78, 5) is 14.8. The van der Waals surface area contributed by atoms with Crippen LogP contribution in [0.2, 0.25) is 0 Å². The van der Waals surface area contributed by atoms with Crippen LogP contribution < -0.4 is 0 Å². The molecule has 1 fully saturated rings. The van der Waals surface area contributed by atoms with Crippen molar-refractivity contribution < 1.29 is 14.3 Å². The summed E-state index contributed by atoms with van der Waals surface area (Å²) in [5.41, 5.74) is 3.21. The number of aromatic amines is 1. The Bertz CT molecular complexity index is 858. The maximum absolute atomic E-state index is 13.0. The topological polar surface area (TPSA) is 82.4 Å². The number of piperidine rings is 1. The number of hydrogen-bond acceptors (Lipinski definition) is 4. The van der Waals surface area contributed by atoms with Crippen LogP contribution in [0.4, 0.5) is 0 Å². The standard InChI is InChI=1S/C20H21N3O3/c24-12-16-11-23(8-6-17(16)14-4-2-1-3-5-14)20(25)18-10-21-22-19(18)15-7-9-26-13-15/h1-5,7,9-10,13,16-17,24H,6,8,11-12H2,(H,21,22)/t16-,17+/m1/s1. The van der Waals surface area contributed by atoms with Crippen LogP contribution >= 0.6 is 0 Å². The van der Waals surface area contributed by atoms with Gasteiger partial charge in [-0.15, -0.1) is 0 Å². The van der Waals surface area contributed by atoms with Gasteiger partial charge in [0, 0.05) is 31.2 Å². The summed E-state index contributed by atoms with van der Waals surface area (Å²) in [7, 11) is 0. The minimum atomic E-state index is -0.0695. The molecule has 2 N–H and O–H groups in total. The summed E-state index contributed by atoms with van der Waals surface area (Å²) < 4.78 is 5.11. The monoisotopic (exact) mass is 351 g/mol. The molecule has 1 aromatic carbocycles. The highest BCUT2D eigenvalue weighted by molar-refractivity contribution is 5.99. The van der Waals surface area contributed by atoms with E-state index in [4.69, 9.17) is 4.42 Å². The van der Waals surface area contributed by atoms with E-state index in [1.807, 2.05) is 23.1 Å². The summed E-state index contributed by atoms with van der Waals surface area (Å²) in [6, 6.07) is 12.0. The molecular weight excluding hydrogens is 330 g/mol. The molecule has 0 unspecified atom stereocenters. The van der Waals surface area contributed by atoms with Gasteiger partial charge in [0.25, 0.3) is 5.91 Å². The Balaban J connectivity index is 1.53. The Labute approximate surface area is 151 Å². The lowest BCUT2D eigenvalue weighted by atomic mass is 9.80.